The molecular weight excluding hydrogens is 312 g/mol. The fourth-order valence-corrected chi connectivity index (χ4v) is 3.99. The summed E-state index contributed by atoms with van der Waals surface area (Å²) in [4.78, 5) is 11.5. The smallest absolute Gasteiger partial charge is 0.316 e. The minimum atomic E-state index is 0.486. The predicted molar refractivity (Wildman–Crippen MR) is 98.1 cm³/mol. The molecule has 0 unspecified atom stereocenters. The molecule has 0 saturated carbocycles. The van der Waals surface area contributed by atoms with Gasteiger partial charge in [-0.3, -0.25) is 4.90 Å². The molecule has 0 aliphatic carbocycles. The van der Waals surface area contributed by atoms with Gasteiger partial charge >= 0.3 is 6.01 Å². The Morgan fingerprint density at radius 1 is 1.24 bits per heavy atom. The highest BCUT2D eigenvalue weighted by Gasteiger charge is 2.29. The van der Waals surface area contributed by atoms with Gasteiger partial charge in [0.25, 0.3) is 0 Å². The number of benzene rings is 1. The number of rotatable bonds is 4. The predicted octanol–water partition coefficient (Wildman–Crippen LogP) is 2.28. The van der Waals surface area contributed by atoms with E-state index in [9.17, 15) is 0 Å². The van der Waals surface area contributed by atoms with Gasteiger partial charge in [0.2, 0.25) is 0 Å². The summed E-state index contributed by atoms with van der Waals surface area (Å²) in [6, 6.07) is 10.0. The summed E-state index contributed by atoms with van der Waals surface area (Å²) < 4.78 is 5.48. The van der Waals surface area contributed by atoms with E-state index in [-0.39, 0.29) is 0 Å². The number of ether oxygens (including phenoxy) is 1. The molecule has 3 heterocycles. The Labute approximate surface area is 149 Å². The standard InChI is InChI=1S/C20H26N4O/c1-3-25-20-22-14(2)10-17(23-20)12-15-4-5-18-16(11-15)6-8-24-9-7-21-13-19(18)24/h4-5,10-11,19,21H,3,6-9,12-13H2,1-2H3/t19-/m0/s1. The van der Waals surface area contributed by atoms with E-state index < -0.39 is 0 Å². The zero-order valence-electron chi connectivity index (χ0n) is 15.1. The lowest BCUT2D eigenvalue weighted by molar-refractivity contribution is 0.152. The normalized spacial score (nSPS) is 20.0. The van der Waals surface area contributed by atoms with Crippen molar-refractivity contribution in [3.8, 4) is 6.01 Å². The van der Waals surface area contributed by atoms with Crippen LogP contribution < -0.4 is 10.1 Å². The Balaban J connectivity index is 1.56. The maximum absolute atomic E-state index is 5.48. The van der Waals surface area contributed by atoms with Crippen LogP contribution in [0.1, 0.15) is 41.0 Å². The molecule has 5 heteroatoms. The van der Waals surface area contributed by atoms with Crippen molar-refractivity contribution in [3.63, 3.8) is 0 Å². The van der Waals surface area contributed by atoms with Crippen molar-refractivity contribution < 1.29 is 4.74 Å². The average Bonchev–Trinajstić information content (AvgIpc) is 2.61. The molecule has 0 bridgehead atoms. The quantitative estimate of drug-likeness (QED) is 0.927. The lowest BCUT2D eigenvalue weighted by atomic mass is 9.89. The summed E-state index contributed by atoms with van der Waals surface area (Å²) in [6.07, 6.45) is 1.97. The van der Waals surface area contributed by atoms with E-state index in [1.807, 2.05) is 13.8 Å². The minimum absolute atomic E-state index is 0.486. The second-order valence-corrected chi connectivity index (χ2v) is 6.93. The van der Waals surface area contributed by atoms with E-state index in [1.54, 1.807) is 0 Å². The number of piperazine rings is 1. The number of nitrogens with zero attached hydrogens (tertiary/aromatic N) is 3. The van der Waals surface area contributed by atoms with Crippen molar-refractivity contribution >= 4 is 0 Å². The fraction of sp³-hybridized carbons (Fsp3) is 0.500. The summed E-state index contributed by atoms with van der Waals surface area (Å²) in [5, 5.41) is 3.53. The SMILES string of the molecule is CCOc1nc(C)cc(Cc2ccc3c(c2)CCN2CCNC[C@@H]32)n1. The van der Waals surface area contributed by atoms with Gasteiger partial charge in [-0.1, -0.05) is 18.2 Å². The lowest BCUT2D eigenvalue weighted by Gasteiger charge is -2.41. The Morgan fingerprint density at radius 3 is 3.04 bits per heavy atom. The topological polar surface area (TPSA) is 50.3 Å². The number of aryl methyl sites for hydroxylation is 1. The number of aromatic nitrogens is 2. The van der Waals surface area contributed by atoms with Gasteiger partial charge in [-0.25, -0.2) is 4.98 Å². The van der Waals surface area contributed by atoms with Crippen molar-refractivity contribution in [3.05, 3.63) is 52.3 Å². The van der Waals surface area contributed by atoms with Crippen LogP contribution in [-0.2, 0) is 12.8 Å². The monoisotopic (exact) mass is 338 g/mol. The van der Waals surface area contributed by atoms with Crippen LogP contribution in [0.2, 0.25) is 0 Å². The van der Waals surface area contributed by atoms with Gasteiger partial charge in [0.05, 0.1) is 12.3 Å². The van der Waals surface area contributed by atoms with Crippen molar-refractivity contribution in [2.24, 2.45) is 0 Å². The molecule has 25 heavy (non-hydrogen) atoms. The number of nitrogens with one attached hydrogen (secondary N) is 1. The molecule has 5 nitrogen and oxygen atoms in total. The van der Waals surface area contributed by atoms with Crippen molar-refractivity contribution in [1.82, 2.24) is 20.2 Å². The van der Waals surface area contributed by atoms with Crippen molar-refractivity contribution in [1.29, 1.82) is 0 Å². The van der Waals surface area contributed by atoms with Crippen LogP contribution in [-0.4, -0.2) is 47.7 Å². The molecule has 1 aromatic heterocycles. The van der Waals surface area contributed by atoms with E-state index in [1.165, 1.54) is 23.2 Å². The van der Waals surface area contributed by atoms with Gasteiger partial charge in [0.15, 0.2) is 0 Å². The van der Waals surface area contributed by atoms with Crippen LogP contribution in [0.4, 0.5) is 0 Å². The zero-order valence-corrected chi connectivity index (χ0v) is 15.1. The van der Waals surface area contributed by atoms with E-state index in [2.05, 4.69) is 44.5 Å². The summed E-state index contributed by atoms with van der Waals surface area (Å²) >= 11 is 0. The molecule has 1 fully saturated rings. The first-order valence-corrected chi connectivity index (χ1v) is 9.27. The van der Waals surface area contributed by atoms with Crippen LogP contribution in [0.15, 0.2) is 24.3 Å². The Hall–Kier alpha value is -1.98. The maximum Gasteiger partial charge on any atom is 0.316 e. The molecule has 0 radical (unpaired) electrons. The largest absolute Gasteiger partial charge is 0.464 e. The van der Waals surface area contributed by atoms with Crippen LogP contribution in [0.25, 0.3) is 0 Å². The van der Waals surface area contributed by atoms with Crippen molar-refractivity contribution in [2.75, 3.05) is 32.8 Å². The minimum Gasteiger partial charge on any atom is -0.464 e. The zero-order chi connectivity index (χ0) is 17.2. The third kappa shape index (κ3) is 3.53. The molecule has 2 aliphatic heterocycles. The second-order valence-electron chi connectivity index (χ2n) is 6.93. The third-order valence-corrected chi connectivity index (χ3v) is 5.13. The second kappa shape index (κ2) is 7.10. The van der Waals surface area contributed by atoms with Crippen LogP contribution >= 0.6 is 0 Å². The molecule has 1 saturated heterocycles. The average molecular weight is 338 g/mol. The third-order valence-electron chi connectivity index (χ3n) is 5.13. The fourth-order valence-electron chi connectivity index (χ4n) is 3.99. The Bertz CT molecular complexity index is 761. The van der Waals surface area contributed by atoms with Gasteiger partial charge in [0, 0.05) is 44.3 Å². The number of hydrogen-bond donors (Lipinski definition) is 1. The van der Waals surface area contributed by atoms with Crippen molar-refractivity contribution in [2.45, 2.75) is 32.7 Å². The van der Waals surface area contributed by atoms with Crippen LogP contribution in [0.3, 0.4) is 0 Å². The highest BCUT2D eigenvalue weighted by atomic mass is 16.5. The molecule has 1 atom stereocenters. The Morgan fingerprint density at radius 2 is 2.16 bits per heavy atom. The number of hydrogen-bond acceptors (Lipinski definition) is 5. The van der Waals surface area contributed by atoms with Gasteiger partial charge in [0.1, 0.15) is 0 Å². The molecule has 4 rings (SSSR count). The highest BCUT2D eigenvalue weighted by Crippen LogP contribution is 2.31. The molecule has 0 amide bonds. The Kier molecular flexibility index (Phi) is 4.68. The van der Waals surface area contributed by atoms with Gasteiger partial charge in [-0.05, 0) is 43.0 Å². The van der Waals surface area contributed by atoms with E-state index in [0.29, 0.717) is 18.7 Å². The first-order chi connectivity index (χ1) is 12.2. The number of fused-ring (bicyclic) bond motifs is 3. The highest BCUT2D eigenvalue weighted by molar-refractivity contribution is 5.38. The first kappa shape index (κ1) is 16.5. The van der Waals surface area contributed by atoms with Crippen LogP contribution in [0.5, 0.6) is 6.01 Å². The summed E-state index contributed by atoms with van der Waals surface area (Å²) in [7, 11) is 0. The van der Waals surface area contributed by atoms with E-state index in [4.69, 9.17) is 4.74 Å². The van der Waals surface area contributed by atoms with Gasteiger partial charge < -0.3 is 10.1 Å². The molecule has 2 aliphatic rings. The summed E-state index contributed by atoms with van der Waals surface area (Å²) in [6.45, 7) is 9.04. The first-order valence-electron chi connectivity index (χ1n) is 9.27. The summed E-state index contributed by atoms with van der Waals surface area (Å²) in [5.74, 6) is 0. The molecule has 2 aromatic rings. The van der Waals surface area contributed by atoms with E-state index >= 15 is 0 Å². The molecule has 132 valence electrons. The lowest BCUT2D eigenvalue weighted by Crippen LogP contribution is -2.48. The van der Waals surface area contributed by atoms with Gasteiger partial charge in [-0.15, -0.1) is 0 Å². The summed E-state index contributed by atoms with van der Waals surface area (Å²) in [5.41, 5.74) is 6.29. The van der Waals surface area contributed by atoms with Crippen LogP contribution in [0, 0.1) is 6.92 Å². The molecule has 1 aromatic carbocycles. The maximum atomic E-state index is 5.48. The van der Waals surface area contributed by atoms with E-state index in [0.717, 1.165) is 43.9 Å². The molecule has 1 N–H and O–H groups in total. The molecular formula is C20H26N4O. The molecule has 0 spiro atoms. The van der Waals surface area contributed by atoms with Gasteiger partial charge in [-0.2, -0.15) is 4.98 Å².